The molecule has 0 aliphatic rings. The number of hydrogen-bond acceptors (Lipinski definition) is 2. The predicted octanol–water partition coefficient (Wildman–Crippen LogP) is 3.27. The normalized spacial score (nSPS) is 13.2. The second kappa shape index (κ2) is 4.73. The molecule has 86 valence electrons. The number of alkyl halides is 3. The van der Waals surface area contributed by atoms with E-state index in [4.69, 9.17) is 22.6 Å². The molecule has 0 fully saturated rings. The van der Waals surface area contributed by atoms with Crippen molar-refractivity contribution < 1.29 is 13.2 Å². The van der Waals surface area contributed by atoms with E-state index in [9.17, 15) is 13.2 Å². The summed E-state index contributed by atoms with van der Waals surface area (Å²) >= 11 is 5.56. The molecule has 16 heavy (non-hydrogen) atoms. The molecule has 1 aromatic carbocycles. The van der Waals surface area contributed by atoms with Gasteiger partial charge in [-0.05, 0) is 23.8 Å². The number of rotatable bonds is 2. The summed E-state index contributed by atoms with van der Waals surface area (Å²) in [7, 11) is 0. The van der Waals surface area contributed by atoms with Gasteiger partial charge in [0.25, 0.3) is 0 Å². The third-order valence-corrected chi connectivity index (χ3v) is 2.21. The molecule has 0 saturated heterocycles. The van der Waals surface area contributed by atoms with Gasteiger partial charge in [-0.3, -0.25) is 0 Å². The van der Waals surface area contributed by atoms with Crippen molar-refractivity contribution >= 4 is 11.6 Å². The molecule has 0 spiro atoms. The fourth-order valence-corrected chi connectivity index (χ4v) is 1.45. The Balaban J connectivity index is 3.14. The molecule has 0 heterocycles. The first-order valence-corrected chi connectivity index (χ1v) is 4.72. The molecule has 0 bridgehead atoms. The molecule has 2 nitrogen and oxygen atoms in total. The highest BCUT2D eigenvalue weighted by Gasteiger charge is 2.31. The van der Waals surface area contributed by atoms with E-state index in [-0.39, 0.29) is 17.0 Å². The Hall–Kier alpha value is -1.25. The summed E-state index contributed by atoms with van der Waals surface area (Å²) < 4.78 is 37.3. The minimum atomic E-state index is -4.47. The van der Waals surface area contributed by atoms with Gasteiger partial charge in [0.1, 0.15) is 0 Å². The SMILES string of the molecule is N#CC[C@@H](N)c1cc(Cl)cc(C(F)(F)F)c1. The highest BCUT2D eigenvalue weighted by Crippen LogP contribution is 2.33. The van der Waals surface area contributed by atoms with Crippen LogP contribution in [-0.4, -0.2) is 0 Å². The molecule has 6 heteroatoms. The summed E-state index contributed by atoms with van der Waals surface area (Å²) in [6, 6.07) is 4.10. The van der Waals surface area contributed by atoms with Gasteiger partial charge in [-0.25, -0.2) is 0 Å². The minimum absolute atomic E-state index is 0.0433. The first kappa shape index (κ1) is 12.8. The molecule has 1 aromatic rings. The maximum absolute atomic E-state index is 12.4. The van der Waals surface area contributed by atoms with Gasteiger partial charge in [0.15, 0.2) is 0 Å². The number of hydrogen-bond donors (Lipinski definition) is 1. The quantitative estimate of drug-likeness (QED) is 0.873. The van der Waals surface area contributed by atoms with Gasteiger partial charge in [-0.1, -0.05) is 11.6 Å². The monoisotopic (exact) mass is 248 g/mol. The van der Waals surface area contributed by atoms with Crippen LogP contribution < -0.4 is 5.73 Å². The van der Waals surface area contributed by atoms with E-state index in [1.165, 1.54) is 6.07 Å². The Morgan fingerprint density at radius 1 is 1.38 bits per heavy atom. The molecule has 1 atom stereocenters. The van der Waals surface area contributed by atoms with Gasteiger partial charge in [0, 0.05) is 11.1 Å². The fourth-order valence-electron chi connectivity index (χ4n) is 1.21. The van der Waals surface area contributed by atoms with Crippen molar-refractivity contribution in [2.75, 3.05) is 0 Å². The van der Waals surface area contributed by atoms with Gasteiger partial charge >= 0.3 is 6.18 Å². The average molecular weight is 249 g/mol. The van der Waals surface area contributed by atoms with Gasteiger partial charge < -0.3 is 5.73 Å². The van der Waals surface area contributed by atoms with Crippen LogP contribution in [0, 0.1) is 11.3 Å². The fraction of sp³-hybridized carbons (Fsp3) is 0.300. The molecule has 0 unspecified atom stereocenters. The lowest BCUT2D eigenvalue weighted by atomic mass is 10.0. The molecule has 0 amide bonds. The van der Waals surface area contributed by atoms with Crippen molar-refractivity contribution in [3.63, 3.8) is 0 Å². The van der Waals surface area contributed by atoms with Crippen LogP contribution in [0.4, 0.5) is 13.2 Å². The lowest BCUT2D eigenvalue weighted by Gasteiger charge is -2.12. The molecular formula is C10H8ClF3N2. The number of benzene rings is 1. The number of nitriles is 1. The Bertz CT molecular complexity index is 423. The second-order valence-corrected chi connectivity index (χ2v) is 3.68. The summed E-state index contributed by atoms with van der Waals surface area (Å²) in [5, 5.41) is 8.37. The lowest BCUT2D eigenvalue weighted by Crippen LogP contribution is -2.12. The van der Waals surface area contributed by atoms with Crippen LogP contribution in [0.25, 0.3) is 0 Å². The van der Waals surface area contributed by atoms with E-state index < -0.39 is 17.8 Å². The third-order valence-electron chi connectivity index (χ3n) is 1.99. The van der Waals surface area contributed by atoms with Crippen LogP contribution in [0.3, 0.4) is 0 Å². The smallest absolute Gasteiger partial charge is 0.323 e. The Morgan fingerprint density at radius 3 is 2.50 bits per heavy atom. The highest BCUT2D eigenvalue weighted by atomic mass is 35.5. The Morgan fingerprint density at radius 2 is 2.00 bits per heavy atom. The van der Waals surface area contributed by atoms with Crippen LogP contribution >= 0.6 is 11.6 Å². The second-order valence-electron chi connectivity index (χ2n) is 3.24. The van der Waals surface area contributed by atoms with Crippen molar-refractivity contribution in [2.45, 2.75) is 18.6 Å². The first-order chi connectivity index (χ1) is 7.34. The van der Waals surface area contributed by atoms with Crippen LogP contribution in [-0.2, 0) is 6.18 Å². The zero-order valence-electron chi connectivity index (χ0n) is 8.05. The summed E-state index contributed by atoms with van der Waals surface area (Å²) in [5.74, 6) is 0. The summed E-state index contributed by atoms with van der Waals surface area (Å²) in [6.45, 7) is 0. The molecule has 0 saturated carbocycles. The van der Waals surface area contributed by atoms with Gasteiger partial charge in [-0.2, -0.15) is 18.4 Å². The van der Waals surface area contributed by atoms with Crippen LogP contribution in [0.15, 0.2) is 18.2 Å². The van der Waals surface area contributed by atoms with Crippen molar-refractivity contribution in [2.24, 2.45) is 5.73 Å². The molecule has 0 aliphatic heterocycles. The van der Waals surface area contributed by atoms with Crippen LogP contribution in [0.2, 0.25) is 5.02 Å². The summed E-state index contributed by atoms with van der Waals surface area (Å²) in [5.41, 5.74) is 4.89. The molecule has 0 aromatic heterocycles. The molecule has 0 radical (unpaired) electrons. The van der Waals surface area contributed by atoms with Crippen LogP contribution in [0.5, 0.6) is 0 Å². The van der Waals surface area contributed by atoms with Crippen LogP contribution in [0.1, 0.15) is 23.6 Å². The van der Waals surface area contributed by atoms with Crippen molar-refractivity contribution in [3.8, 4) is 6.07 Å². The summed E-state index contributed by atoms with van der Waals surface area (Å²) in [4.78, 5) is 0. The molecule has 0 aliphatic carbocycles. The molecule has 2 N–H and O–H groups in total. The van der Waals surface area contributed by atoms with Crippen molar-refractivity contribution in [1.29, 1.82) is 5.26 Å². The third kappa shape index (κ3) is 3.12. The van der Waals surface area contributed by atoms with Crippen molar-refractivity contribution in [1.82, 2.24) is 0 Å². The van der Waals surface area contributed by atoms with E-state index in [1.807, 2.05) is 0 Å². The van der Waals surface area contributed by atoms with E-state index >= 15 is 0 Å². The summed E-state index contributed by atoms with van der Waals surface area (Å²) in [6.07, 6.45) is -4.52. The number of halogens is 4. The average Bonchev–Trinajstić information content (AvgIpc) is 2.16. The molecule has 1 rings (SSSR count). The standard InChI is InChI=1S/C10H8ClF3N2/c11-8-4-6(9(16)1-2-15)3-7(5-8)10(12,13)14/h3-5,9H,1,16H2/t9-/m1/s1. The van der Waals surface area contributed by atoms with E-state index in [0.29, 0.717) is 0 Å². The van der Waals surface area contributed by atoms with E-state index in [0.717, 1.165) is 12.1 Å². The number of nitrogens with two attached hydrogens (primary N) is 1. The predicted molar refractivity (Wildman–Crippen MR) is 53.6 cm³/mol. The Labute approximate surface area is 95.4 Å². The zero-order chi connectivity index (χ0) is 12.3. The first-order valence-electron chi connectivity index (χ1n) is 4.35. The zero-order valence-corrected chi connectivity index (χ0v) is 8.81. The maximum Gasteiger partial charge on any atom is 0.416 e. The van der Waals surface area contributed by atoms with E-state index in [1.54, 1.807) is 6.07 Å². The topological polar surface area (TPSA) is 49.8 Å². The van der Waals surface area contributed by atoms with Gasteiger partial charge in [0.05, 0.1) is 18.1 Å². The number of nitrogens with zero attached hydrogens (tertiary/aromatic N) is 1. The maximum atomic E-state index is 12.4. The lowest BCUT2D eigenvalue weighted by molar-refractivity contribution is -0.137. The Kier molecular flexibility index (Phi) is 3.79. The van der Waals surface area contributed by atoms with E-state index in [2.05, 4.69) is 0 Å². The van der Waals surface area contributed by atoms with Gasteiger partial charge in [-0.15, -0.1) is 0 Å². The highest BCUT2D eigenvalue weighted by molar-refractivity contribution is 6.30. The van der Waals surface area contributed by atoms with Crippen molar-refractivity contribution in [3.05, 3.63) is 34.3 Å². The minimum Gasteiger partial charge on any atom is -0.323 e. The van der Waals surface area contributed by atoms with Gasteiger partial charge in [0.2, 0.25) is 0 Å². The molecular weight excluding hydrogens is 241 g/mol. The largest absolute Gasteiger partial charge is 0.416 e.